The zero-order valence-corrected chi connectivity index (χ0v) is 28.9. The van der Waals surface area contributed by atoms with Crippen molar-refractivity contribution in [1.29, 1.82) is 0 Å². The van der Waals surface area contributed by atoms with Crippen molar-refractivity contribution in [2.75, 3.05) is 5.73 Å². The summed E-state index contributed by atoms with van der Waals surface area (Å²) in [6, 6.07) is 64.0. The third-order valence-corrected chi connectivity index (χ3v) is 10.5. The molecule has 3 aromatic heterocycles. The van der Waals surface area contributed by atoms with E-state index in [1.165, 1.54) is 59.2 Å². The number of nitrogens with one attached hydrogen (secondary N) is 1. The molecular formula is C49H34N4. The third-order valence-electron chi connectivity index (χ3n) is 10.5. The Morgan fingerprint density at radius 2 is 0.792 bits per heavy atom. The van der Waals surface area contributed by atoms with Crippen molar-refractivity contribution in [3.05, 3.63) is 188 Å². The van der Waals surface area contributed by atoms with Gasteiger partial charge in [0, 0.05) is 27.1 Å². The van der Waals surface area contributed by atoms with E-state index in [9.17, 15) is 0 Å². The van der Waals surface area contributed by atoms with Crippen molar-refractivity contribution in [2.24, 2.45) is 0 Å². The van der Waals surface area contributed by atoms with Crippen LogP contribution in [-0.2, 0) is 0 Å². The number of hydrogen-bond acceptors (Lipinski definition) is 2. The molecule has 0 unspecified atom stereocenters. The molecule has 0 aliphatic carbocycles. The lowest BCUT2D eigenvalue weighted by atomic mass is 10.0. The topological polar surface area (TPSA) is 59.1 Å². The summed E-state index contributed by atoms with van der Waals surface area (Å²) >= 11 is 0. The summed E-state index contributed by atoms with van der Waals surface area (Å²) in [4.78, 5) is 8.30. The molecule has 0 aliphatic heterocycles. The minimum absolute atomic E-state index is 0.748. The molecule has 0 spiro atoms. The highest BCUT2D eigenvalue weighted by molar-refractivity contribution is 6.21. The van der Waals surface area contributed by atoms with E-state index >= 15 is 0 Å². The SMILES string of the molecule is Nc1cccc2c1[nH]c1ccccc1c1ccccc1c1ccccc21.c1ccc2c(c1)c1ccccc1c1cccc3ncn(c4ccccc24)c31. The van der Waals surface area contributed by atoms with E-state index in [0.717, 1.165) is 38.7 Å². The molecule has 0 bridgehead atoms. The third kappa shape index (κ3) is 5.03. The molecular weight excluding hydrogens is 645 g/mol. The van der Waals surface area contributed by atoms with Crippen LogP contribution in [0.3, 0.4) is 0 Å². The van der Waals surface area contributed by atoms with E-state index in [2.05, 4.69) is 179 Å². The minimum atomic E-state index is 0.748. The number of rotatable bonds is 0. The molecule has 250 valence electrons. The van der Waals surface area contributed by atoms with E-state index in [1.54, 1.807) is 0 Å². The summed E-state index contributed by atoms with van der Waals surface area (Å²) in [5.74, 6) is 0. The van der Waals surface area contributed by atoms with Gasteiger partial charge in [-0.15, -0.1) is 0 Å². The highest BCUT2D eigenvalue weighted by atomic mass is 15.0. The molecule has 0 saturated carbocycles. The molecule has 8 aromatic carbocycles. The van der Waals surface area contributed by atoms with E-state index < -0.39 is 0 Å². The molecule has 0 amide bonds. The van der Waals surface area contributed by atoms with Gasteiger partial charge in [0.1, 0.15) is 6.33 Å². The molecule has 0 aliphatic rings. The Bertz CT molecular complexity index is 3210. The van der Waals surface area contributed by atoms with Crippen molar-refractivity contribution in [2.45, 2.75) is 0 Å². The standard InChI is InChI=1S/C25H16N2.C24H18N2/c1-3-10-19-17(8-1)18-9-2-4-11-20(18)22-13-7-14-23-25(22)27(16-26-23)24-15-6-5-12-21(19)24;25-22-14-7-13-21-19-11-4-2-9-17(19)16-8-1-3-10-18(16)20-12-5-6-15-23(20)26-24(21)22/h1-16H;1-15,26H,25H2. The first-order chi connectivity index (χ1) is 26.2. The van der Waals surface area contributed by atoms with Crippen LogP contribution in [-0.4, -0.2) is 14.4 Å². The fourth-order valence-corrected chi connectivity index (χ4v) is 8.08. The van der Waals surface area contributed by atoms with Gasteiger partial charge < -0.3 is 10.7 Å². The summed E-state index contributed by atoms with van der Waals surface area (Å²) in [6.07, 6.45) is 1.95. The van der Waals surface area contributed by atoms with E-state index in [-0.39, 0.29) is 0 Å². The summed E-state index contributed by atoms with van der Waals surface area (Å²) in [7, 11) is 0. The highest BCUT2D eigenvalue weighted by Crippen LogP contribution is 2.34. The molecule has 3 N–H and O–H groups in total. The van der Waals surface area contributed by atoms with E-state index in [1.807, 2.05) is 18.5 Å². The Labute approximate surface area is 305 Å². The molecule has 0 radical (unpaired) electrons. The monoisotopic (exact) mass is 678 g/mol. The second-order valence-corrected chi connectivity index (χ2v) is 13.4. The Morgan fingerprint density at radius 3 is 1.42 bits per heavy atom. The van der Waals surface area contributed by atoms with Gasteiger partial charge in [0.05, 0.1) is 27.8 Å². The number of nitrogens with zero attached hydrogens (tertiary/aromatic N) is 2. The van der Waals surface area contributed by atoms with Crippen molar-refractivity contribution >= 4 is 97.9 Å². The number of imidazole rings is 1. The lowest BCUT2D eigenvalue weighted by Crippen LogP contribution is -1.88. The first-order valence-electron chi connectivity index (χ1n) is 17.9. The summed E-state index contributed by atoms with van der Waals surface area (Å²) in [6.45, 7) is 0. The molecule has 11 rings (SSSR count). The lowest BCUT2D eigenvalue weighted by molar-refractivity contribution is 1.22. The quantitative estimate of drug-likeness (QED) is 0.157. The molecule has 53 heavy (non-hydrogen) atoms. The number of aromatic amines is 1. The molecule has 4 nitrogen and oxygen atoms in total. The van der Waals surface area contributed by atoms with Gasteiger partial charge in [-0.3, -0.25) is 4.40 Å². The Hall–Kier alpha value is -7.17. The Balaban J connectivity index is 0.000000132. The predicted molar refractivity (Wildman–Crippen MR) is 227 cm³/mol. The van der Waals surface area contributed by atoms with Crippen molar-refractivity contribution in [3.63, 3.8) is 0 Å². The van der Waals surface area contributed by atoms with Crippen molar-refractivity contribution in [1.82, 2.24) is 14.4 Å². The van der Waals surface area contributed by atoms with Crippen LogP contribution >= 0.6 is 0 Å². The van der Waals surface area contributed by atoms with Gasteiger partial charge in [0.15, 0.2) is 0 Å². The highest BCUT2D eigenvalue weighted by Gasteiger charge is 2.10. The molecule has 11 aromatic rings. The van der Waals surface area contributed by atoms with Crippen LogP contribution in [0.2, 0.25) is 0 Å². The maximum atomic E-state index is 6.37. The fraction of sp³-hybridized carbons (Fsp3) is 0. The summed E-state index contributed by atoms with van der Waals surface area (Å²) < 4.78 is 2.24. The van der Waals surface area contributed by atoms with Crippen molar-refractivity contribution < 1.29 is 0 Å². The summed E-state index contributed by atoms with van der Waals surface area (Å²) in [5.41, 5.74) is 12.5. The molecule has 0 fully saturated rings. The number of para-hydroxylation sites is 4. The number of benzene rings is 8. The zero-order chi connectivity index (χ0) is 35.3. The number of nitrogen functional groups attached to an aromatic ring is 1. The second kappa shape index (κ2) is 12.6. The smallest absolute Gasteiger partial charge is 0.100 e. The van der Waals surface area contributed by atoms with Crippen LogP contribution in [0.25, 0.3) is 92.2 Å². The minimum Gasteiger partial charge on any atom is -0.397 e. The van der Waals surface area contributed by atoms with Gasteiger partial charge in [-0.25, -0.2) is 4.98 Å². The van der Waals surface area contributed by atoms with E-state index in [0.29, 0.717) is 0 Å². The molecule has 4 heteroatoms. The number of aromatic nitrogens is 3. The first kappa shape index (κ1) is 30.6. The fourth-order valence-electron chi connectivity index (χ4n) is 8.08. The van der Waals surface area contributed by atoms with Gasteiger partial charge in [-0.05, 0) is 67.4 Å². The van der Waals surface area contributed by atoms with Gasteiger partial charge >= 0.3 is 0 Å². The number of H-pyrrole nitrogens is 1. The van der Waals surface area contributed by atoms with E-state index in [4.69, 9.17) is 10.7 Å². The number of fused-ring (bicyclic) bond motifs is 14. The number of hydrogen-bond donors (Lipinski definition) is 2. The van der Waals surface area contributed by atoms with Gasteiger partial charge in [-0.1, -0.05) is 158 Å². The van der Waals surface area contributed by atoms with Crippen LogP contribution < -0.4 is 5.73 Å². The largest absolute Gasteiger partial charge is 0.397 e. The van der Waals surface area contributed by atoms with Crippen LogP contribution in [0.15, 0.2) is 188 Å². The van der Waals surface area contributed by atoms with Gasteiger partial charge in [0.2, 0.25) is 0 Å². The Morgan fingerprint density at radius 1 is 0.377 bits per heavy atom. The average molecular weight is 679 g/mol. The van der Waals surface area contributed by atoms with Crippen molar-refractivity contribution in [3.8, 4) is 0 Å². The summed E-state index contributed by atoms with van der Waals surface area (Å²) in [5, 5.41) is 14.6. The number of anilines is 1. The first-order valence-corrected chi connectivity index (χ1v) is 17.9. The van der Waals surface area contributed by atoms with Crippen LogP contribution in [0.4, 0.5) is 5.69 Å². The van der Waals surface area contributed by atoms with Gasteiger partial charge in [-0.2, -0.15) is 0 Å². The predicted octanol–water partition coefficient (Wildman–Crippen LogP) is 12.8. The molecule has 3 heterocycles. The second-order valence-electron chi connectivity index (χ2n) is 13.4. The van der Waals surface area contributed by atoms with Gasteiger partial charge in [0.25, 0.3) is 0 Å². The molecule has 0 saturated heterocycles. The zero-order valence-electron chi connectivity index (χ0n) is 28.9. The molecule has 0 atom stereocenters. The van der Waals surface area contributed by atoms with Crippen LogP contribution in [0.5, 0.6) is 0 Å². The van der Waals surface area contributed by atoms with Crippen LogP contribution in [0, 0.1) is 0 Å². The normalized spacial score (nSPS) is 11.5. The average Bonchev–Trinajstić information content (AvgIpc) is 3.69. The van der Waals surface area contributed by atoms with Crippen LogP contribution in [0.1, 0.15) is 0 Å². The number of nitrogens with two attached hydrogens (primary N) is 1. The maximum Gasteiger partial charge on any atom is 0.100 e. The lowest BCUT2D eigenvalue weighted by Gasteiger charge is -2.03. The maximum absolute atomic E-state index is 6.37. The Kier molecular flexibility index (Phi) is 7.26.